The van der Waals surface area contributed by atoms with Gasteiger partial charge in [0.1, 0.15) is 23.1 Å². The Morgan fingerprint density at radius 3 is 2.52 bits per heavy atom. The molecule has 156 valence electrons. The van der Waals surface area contributed by atoms with Crippen molar-refractivity contribution in [2.75, 3.05) is 70.3 Å². The zero-order valence-corrected chi connectivity index (χ0v) is 17.7. The van der Waals surface area contributed by atoms with Crippen molar-refractivity contribution in [3.8, 4) is 5.75 Å². The SMILES string of the molecule is COc1ccccc1N1CCN(c2cc(C(=O)NCCN(C)C)nc(C)n2)CC1. The van der Waals surface area contributed by atoms with Crippen molar-refractivity contribution >= 4 is 17.4 Å². The molecule has 2 aromatic rings. The molecule has 2 heterocycles. The summed E-state index contributed by atoms with van der Waals surface area (Å²) in [6.45, 7) is 6.54. The van der Waals surface area contributed by atoms with Gasteiger partial charge in [-0.3, -0.25) is 4.79 Å². The van der Waals surface area contributed by atoms with Crippen LogP contribution in [0.2, 0.25) is 0 Å². The fourth-order valence-corrected chi connectivity index (χ4v) is 3.38. The number of hydrogen-bond donors (Lipinski definition) is 1. The molecule has 1 aromatic carbocycles. The van der Waals surface area contributed by atoms with E-state index >= 15 is 0 Å². The summed E-state index contributed by atoms with van der Waals surface area (Å²) in [5, 5.41) is 2.92. The molecule has 8 nitrogen and oxygen atoms in total. The molecule has 0 bridgehead atoms. The largest absolute Gasteiger partial charge is 0.495 e. The van der Waals surface area contributed by atoms with Crippen molar-refractivity contribution < 1.29 is 9.53 Å². The number of amides is 1. The molecule has 1 fully saturated rings. The van der Waals surface area contributed by atoms with Gasteiger partial charge in [-0.1, -0.05) is 12.1 Å². The third-order valence-corrected chi connectivity index (χ3v) is 4.93. The number of piperazine rings is 1. The molecule has 1 aromatic heterocycles. The number of carbonyl (C=O) groups excluding carboxylic acids is 1. The molecule has 29 heavy (non-hydrogen) atoms. The van der Waals surface area contributed by atoms with E-state index in [1.165, 1.54) is 0 Å². The number of hydrogen-bond acceptors (Lipinski definition) is 7. The van der Waals surface area contributed by atoms with Crippen LogP contribution in [0, 0.1) is 6.92 Å². The van der Waals surface area contributed by atoms with Crippen molar-refractivity contribution in [2.45, 2.75) is 6.92 Å². The quantitative estimate of drug-likeness (QED) is 0.756. The fraction of sp³-hybridized carbons (Fsp3) is 0.476. The number of para-hydroxylation sites is 2. The monoisotopic (exact) mass is 398 g/mol. The van der Waals surface area contributed by atoms with Crippen LogP contribution >= 0.6 is 0 Å². The van der Waals surface area contributed by atoms with Crippen LogP contribution in [0.3, 0.4) is 0 Å². The Kier molecular flexibility index (Phi) is 6.87. The van der Waals surface area contributed by atoms with Crippen LogP contribution in [-0.4, -0.2) is 81.2 Å². The third-order valence-electron chi connectivity index (χ3n) is 4.93. The average Bonchev–Trinajstić information content (AvgIpc) is 2.73. The van der Waals surface area contributed by atoms with Crippen LogP contribution in [0.5, 0.6) is 5.75 Å². The van der Waals surface area contributed by atoms with E-state index in [1.807, 2.05) is 44.1 Å². The van der Waals surface area contributed by atoms with Crippen molar-refractivity contribution in [2.24, 2.45) is 0 Å². The molecule has 0 saturated carbocycles. The Hall–Kier alpha value is -2.87. The molecule has 8 heteroatoms. The maximum atomic E-state index is 12.5. The standard InChI is InChI=1S/C21H30N6O2/c1-16-23-17(21(28)22-9-10-25(2)3)15-20(24-16)27-13-11-26(12-14-27)18-7-5-6-8-19(18)29-4/h5-8,15H,9-14H2,1-4H3,(H,22,28). The number of nitrogens with one attached hydrogen (secondary N) is 1. The highest BCUT2D eigenvalue weighted by Crippen LogP contribution is 2.29. The highest BCUT2D eigenvalue weighted by Gasteiger charge is 2.22. The van der Waals surface area contributed by atoms with Gasteiger partial charge in [0.05, 0.1) is 12.8 Å². The lowest BCUT2D eigenvalue weighted by Crippen LogP contribution is -2.47. The molecule has 1 aliphatic rings. The number of anilines is 2. The number of likely N-dealkylation sites (N-methyl/N-ethyl adjacent to an activating group) is 1. The van der Waals surface area contributed by atoms with Crippen molar-refractivity contribution in [1.82, 2.24) is 20.2 Å². The summed E-state index contributed by atoms with van der Waals surface area (Å²) in [6, 6.07) is 9.86. The minimum Gasteiger partial charge on any atom is -0.495 e. The van der Waals surface area contributed by atoms with Gasteiger partial charge in [-0.15, -0.1) is 0 Å². The van der Waals surface area contributed by atoms with Gasteiger partial charge in [0.2, 0.25) is 0 Å². The molecule has 0 aliphatic carbocycles. The van der Waals surface area contributed by atoms with E-state index in [0.29, 0.717) is 18.1 Å². The van der Waals surface area contributed by atoms with Gasteiger partial charge >= 0.3 is 0 Å². The summed E-state index contributed by atoms with van der Waals surface area (Å²) in [5.74, 6) is 2.13. The van der Waals surface area contributed by atoms with E-state index in [9.17, 15) is 4.79 Å². The highest BCUT2D eigenvalue weighted by molar-refractivity contribution is 5.93. The predicted molar refractivity (Wildman–Crippen MR) is 115 cm³/mol. The first-order valence-corrected chi connectivity index (χ1v) is 9.89. The fourth-order valence-electron chi connectivity index (χ4n) is 3.38. The van der Waals surface area contributed by atoms with E-state index < -0.39 is 0 Å². The summed E-state index contributed by atoms with van der Waals surface area (Å²) in [6.07, 6.45) is 0. The van der Waals surface area contributed by atoms with E-state index in [0.717, 1.165) is 50.0 Å². The minimum atomic E-state index is -0.161. The van der Waals surface area contributed by atoms with Crippen molar-refractivity contribution in [3.63, 3.8) is 0 Å². The van der Waals surface area contributed by atoms with E-state index in [2.05, 4.69) is 31.2 Å². The molecule has 3 rings (SSSR count). The van der Waals surface area contributed by atoms with Crippen LogP contribution < -0.4 is 19.9 Å². The third kappa shape index (κ3) is 5.35. The summed E-state index contributed by atoms with van der Waals surface area (Å²) in [7, 11) is 5.65. The smallest absolute Gasteiger partial charge is 0.270 e. The lowest BCUT2D eigenvalue weighted by atomic mass is 10.2. The number of aryl methyl sites for hydroxylation is 1. The molecule has 1 N–H and O–H groups in total. The Bertz CT molecular complexity index is 834. The normalized spacial score (nSPS) is 14.2. The molecule has 0 atom stereocenters. The number of carbonyl (C=O) groups is 1. The van der Waals surface area contributed by atoms with Crippen LogP contribution in [-0.2, 0) is 0 Å². The minimum absolute atomic E-state index is 0.161. The number of aromatic nitrogens is 2. The summed E-state index contributed by atoms with van der Waals surface area (Å²) >= 11 is 0. The highest BCUT2D eigenvalue weighted by atomic mass is 16.5. The number of methoxy groups -OCH3 is 1. The van der Waals surface area contributed by atoms with Crippen LogP contribution in [0.15, 0.2) is 30.3 Å². The second-order valence-corrected chi connectivity index (χ2v) is 7.36. The first-order chi connectivity index (χ1) is 14.0. The summed E-state index contributed by atoms with van der Waals surface area (Å²) in [5.41, 5.74) is 1.52. The Labute approximate surface area is 172 Å². The molecule has 1 amide bonds. The van der Waals surface area contributed by atoms with E-state index in [1.54, 1.807) is 13.2 Å². The van der Waals surface area contributed by atoms with Crippen molar-refractivity contribution in [3.05, 3.63) is 41.9 Å². The van der Waals surface area contributed by atoms with E-state index in [-0.39, 0.29) is 5.91 Å². The summed E-state index contributed by atoms with van der Waals surface area (Å²) in [4.78, 5) is 27.9. The van der Waals surface area contributed by atoms with Gasteiger partial charge in [0.15, 0.2) is 0 Å². The zero-order valence-electron chi connectivity index (χ0n) is 17.7. The van der Waals surface area contributed by atoms with E-state index in [4.69, 9.17) is 4.74 Å². The van der Waals surface area contributed by atoms with Crippen molar-refractivity contribution in [1.29, 1.82) is 0 Å². The molecular formula is C21H30N6O2. The molecule has 0 spiro atoms. The second-order valence-electron chi connectivity index (χ2n) is 7.36. The Morgan fingerprint density at radius 1 is 1.14 bits per heavy atom. The molecule has 0 unspecified atom stereocenters. The Morgan fingerprint density at radius 2 is 1.83 bits per heavy atom. The molecule has 1 aliphatic heterocycles. The number of benzene rings is 1. The van der Waals surface area contributed by atoms with Gasteiger partial charge in [-0.05, 0) is 33.2 Å². The van der Waals surface area contributed by atoms with Gasteiger partial charge in [0, 0.05) is 45.3 Å². The van der Waals surface area contributed by atoms with Crippen LogP contribution in [0.25, 0.3) is 0 Å². The van der Waals surface area contributed by atoms with Gasteiger partial charge in [0.25, 0.3) is 5.91 Å². The van der Waals surface area contributed by atoms with Crippen LogP contribution in [0.4, 0.5) is 11.5 Å². The maximum Gasteiger partial charge on any atom is 0.270 e. The molecule has 1 saturated heterocycles. The molecular weight excluding hydrogens is 368 g/mol. The first kappa shape index (κ1) is 20.9. The van der Waals surface area contributed by atoms with Gasteiger partial charge in [-0.25, -0.2) is 9.97 Å². The topological polar surface area (TPSA) is 73.8 Å². The maximum absolute atomic E-state index is 12.5. The predicted octanol–water partition coefficient (Wildman–Crippen LogP) is 1.41. The zero-order chi connectivity index (χ0) is 20.8. The summed E-state index contributed by atoms with van der Waals surface area (Å²) < 4.78 is 5.49. The number of nitrogens with zero attached hydrogens (tertiary/aromatic N) is 5. The van der Waals surface area contributed by atoms with Gasteiger partial charge in [-0.2, -0.15) is 0 Å². The molecule has 0 radical (unpaired) electrons. The Balaban J connectivity index is 1.66. The van der Waals surface area contributed by atoms with Gasteiger partial charge < -0.3 is 24.8 Å². The lowest BCUT2D eigenvalue weighted by molar-refractivity contribution is 0.0945. The second kappa shape index (κ2) is 9.56. The number of rotatable bonds is 7. The lowest BCUT2D eigenvalue weighted by Gasteiger charge is -2.37. The average molecular weight is 399 g/mol. The first-order valence-electron chi connectivity index (χ1n) is 9.89. The number of ether oxygens (including phenoxy) is 1. The van der Waals surface area contributed by atoms with Crippen LogP contribution in [0.1, 0.15) is 16.3 Å².